The third-order valence-corrected chi connectivity index (χ3v) is 3.85. The van der Waals surface area contributed by atoms with E-state index in [0.29, 0.717) is 6.61 Å². The molecule has 5 heteroatoms. The number of imidazole rings is 1. The number of aromatic hydroxyl groups is 1. The van der Waals surface area contributed by atoms with Crippen molar-refractivity contribution in [1.29, 1.82) is 0 Å². The van der Waals surface area contributed by atoms with Crippen molar-refractivity contribution in [2.45, 2.75) is 6.42 Å². The molecule has 1 aliphatic heterocycles. The minimum absolute atomic E-state index is 0.257. The Morgan fingerprint density at radius 1 is 1.09 bits per heavy atom. The molecule has 3 aromatic rings. The van der Waals surface area contributed by atoms with E-state index in [1.54, 1.807) is 18.3 Å². The van der Waals surface area contributed by atoms with Gasteiger partial charge in [0.05, 0.1) is 37.0 Å². The highest BCUT2D eigenvalue weighted by Crippen LogP contribution is 2.25. The Bertz CT molecular complexity index is 850. The lowest BCUT2D eigenvalue weighted by atomic mass is 10.1. The summed E-state index contributed by atoms with van der Waals surface area (Å²) in [6, 6.07) is 7.12. The topological polar surface area (TPSA) is 59.7 Å². The van der Waals surface area contributed by atoms with Gasteiger partial charge in [0.25, 0.3) is 0 Å². The van der Waals surface area contributed by atoms with Gasteiger partial charge in [0.2, 0.25) is 0 Å². The molecule has 0 amide bonds. The highest BCUT2D eigenvalue weighted by molar-refractivity contribution is 5.67. The van der Waals surface area contributed by atoms with Crippen LogP contribution in [0.2, 0.25) is 0 Å². The van der Waals surface area contributed by atoms with E-state index in [-0.39, 0.29) is 5.75 Å². The summed E-state index contributed by atoms with van der Waals surface area (Å²) in [6.45, 7) is 1.38. The lowest BCUT2D eigenvalue weighted by Gasteiger charge is -2.13. The van der Waals surface area contributed by atoms with Gasteiger partial charge in [-0.15, -0.1) is 0 Å². The Morgan fingerprint density at radius 3 is 2.73 bits per heavy atom. The molecule has 1 aliphatic rings. The highest BCUT2D eigenvalue weighted by Gasteiger charge is 2.11. The van der Waals surface area contributed by atoms with Crippen molar-refractivity contribution >= 4 is 11.2 Å². The summed E-state index contributed by atoms with van der Waals surface area (Å²) in [5.41, 5.74) is 4.95. The van der Waals surface area contributed by atoms with Crippen LogP contribution >= 0.6 is 0 Å². The van der Waals surface area contributed by atoms with Gasteiger partial charge in [-0.3, -0.25) is 9.38 Å². The number of phenolic OH excluding ortho intramolecular Hbond substituents is 1. The Kier molecular flexibility index (Phi) is 3.12. The van der Waals surface area contributed by atoms with Crippen LogP contribution in [0.4, 0.5) is 0 Å². The molecule has 5 nitrogen and oxygen atoms in total. The second kappa shape index (κ2) is 5.27. The van der Waals surface area contributed by atoms with Crippen LogP contribution in [0.15, 0.2) is 48.9 Å². The molecular formula is C17H15N3O2. The van der Waals surface area contributed by atoms with Crippen LogP contribution in [0.3, 0.4) is 0 Å². The third-order valence-electron chi connectivity index (χ3n) is 3.85. The maximum atomic E-state index is 9.43. The zero-order valence-corrected chi connectivity index (χ0v) is 11.9. The van der Waals surface area contributed by atoms with E-state index in [1.165, 1.54) is 5.57 Å². The summed E-state index contributed by atoms with van der Waals surface area (Å²) in [5, 5.41) is 9.43. The van der Waals surface area contributed by atoms with Gasteiger partial charge in [-0.25, -0.2) is 4.98 Å². The predicted octanol–water partition coefficient (Wildman–Crippen LogP) is 2.91. The molecule has 0 saturated heterocycles. The fourth-order valence-corrected chi connectivity index (χ4v) is 2.66. The molecule has 0 atom stereocenters. The molecule has 3 heterocycles. The summed E-state index contributed by atoms with van der Waals surface area (Å²) in [5.74, 6) is 0.257. The fraction of sp³-hybridized carbons (Fsp3) is 0.176. The Labute approximate surface area is 127 Å². The van der Waals surface area contributed by atoms with Gasteiger partial charge in [0, 0.05) is 11.8 Å². The lowest BCUT2D eigenvalue weighted by Crippen LogP contribution is -2.05. The van der Waals surface area contributed by atoms with Crippen LogP contribution in [-0.4, -0.2) is 32.7 Å². The number of hydrogen-bond donors (Lipinski definition) is 1. The van der Waals surface area contributed by atoms with Crippen molar-refractivity contribution in [3.8, 4) is 17.0 Å². The van der Waals surface area contributed by atoms with E-state index in [2.05, 4.69) is 16.0 Å². The molecule has 0 saturated carbocycles. The van der Waals surface area contributed by atoms with Crippen LogP contribution in [-0.2, 0) is 4.74 Å². The van der Waals surface area contributed by atoms with E-state index in [9.17, 15) is 5.11 Å². The monoisotopic (exact) mass is 293 g/mol. The standard InChI is InChI=1S/C17H15N3O2/c21-14-3-1-13(2-4-14)16-9-19-17-10-18-15(11-20(16)17)12-5-7-22-8-6-12/h1-5,9-11,21H,6-8H2. The quantitative estimate of drug-likeness (QED) is 0.789. The van der Waals surface area contributed by atoms with Gasteiger partial charge >= 0.3 is 0 Å². The van der Waals surface area contributed by atoms with E-state index < -0.39 is 0 Å². The van der Waals surface area contributed by atoms with Gasteiger partial charge in [-0.2, -0.15) is 0 Å². The maximum absolute atomic E-state index is 9.43. The van der Waals surface area contributed by atoms with Crippen LogP contribution in [0.5, 0.6) is 5.75 Å². The van der Waals surface area contributed by atoms with Crippen LogP contribution in [0.1, 0.15) is 12.1 Å². The number of aromatic nitrogens is 3. The van der Waals surface area contributed by atoms with Crippen molar-refractivity contribution in [1.82, 2.24) is 14.4 Å². The summed E-state index contributed by atoms with van der Waals surface area (Å²) in [6.07, 6.45) is 8.58. The first-order valence-electron chi connectivity index (χ1n) is 7.21. The number of fused-ring (bicyclic) bond motifs is 1. The van der Waals surface area contributed by atoms with Crippen molar-refractivity contribution in [2.75, 3.05) is 13.2 Å². The van der Waals surface area contributed by atoms with Crippen LogP contribution < -0.4 is 0 Å². The van der Waals surface area contributed by atoms with E-state index in [0.717, 1.165) is 35.6 Å². The molecular weight excluding hydrogens is 278 g/mol. The van der Waals surface area contributed by atoms with Gasteiger partial charge < -0.3 is 9.84 Å². The first-order valence-corrected chi connectivity index (χ1v) is 7.21. The molecule has 0 radical (unpaired) electrons. The van der Waals surface area contributed by atoms with Crippen molar-refractivity contribution in [2.24, 2.45) is 0 Å². The normalized spacial score (nSPS) is 15.0. The van der Waals surface area contributed by atoms with E-state index >= 15 is 0 Å². The largest absolute Gasteiger partial charge is 0.508 e. The Balaban J connectivity index is 1.83. The SMILES string of the molecule is Oc1ccc(-c2cnc3cnc(C4=CCOCC4)cn23)cc1. The third kappa shape index (κ3) is 2.25. The average Bonchev–Trinajstić information content (AvgIpc) is 2.99. The zero-order valence-electron chi connectivity index (χ0n) is 11.9. The highest BCUT2D eigenvalue weighted by atomic mass is 16.5. The molecule has 0 unspecified atom stereocenters. The molecule has 1 N–H and O–H groups in total. The second-order valence-electron chi connectivity index (χ2n) is 5.25. The molecule has 22 heavy (non-hydrogen) atoms. The molecule has 110 valence electrons. The molecule has 0 fully saturated rings. The lowest BCUT2D eigenvalue weighted by molar-refractivity contribution is 0.161. The molecule has 0 spiro atoms. The second-order valence-corrected chi connectivity index (χ2v) is 5.25. The van der Waals surface area contributed by atoms with Crippen molar-refractivity contribution < 1.29 is 9.84 Å². The van der Waals surface area contributed by atoms with Gasteiger partial charge in [-0.1, -0.05) is 6.08 Å². The molecule has 1 aromatic carbocycles. The summed E-state index contributed by atoms with van der Waals surface area (Å²) in [7, 11) is 0. The fourth-order valence-electron chi connectivity index (χ4n) is 2.66. The number of phenols is 1. The summed E-state index contributed by atoms with van der Waals surface area (Å²) >= 11 is 0. The predicted molar refractivity (Wildman–Crippen MR) is 83.5 cm³/mol. The molecule has 2 aromatic heterocycles. The average molecular weight is 293 g/mol. The molecule has 4 rings (SSSR count). The van der Waals surface area contributed by atoms with Crippen molar-refractivity contribution in [3.05, 3.63) is 54.6 Å². The number of hydrogen-bond acceptors (Lipinski definition) is 4. The minimum Gasteiger partial charge on any atom is -0.508 e. The summed E-state index contributed by atoms with van der Waals surface area (Å²) in [4.78, 5) is 8.90. The van der Waals surface area contributed by atoms with E-state index in [1.807, 2.05) is 28.9 Å². The maximum Gasteiger partial charge on any atom is 0.155 e. The van der Waals surface area contributed by atoms with E-state index in [4.69, 9.17) is 4.74 Å². The van der Waals surface area contributed by atoms with Crippen LogP contribution in [0.25, 0.3) is 22.5 Å². The number of ether oxygens (including phenoxy) is 1. The smallest absolute Gasteiger partial charge is 0.155 e. The Morgan fingerprint density at radius 2 is 1.95 bits per heavy atom. The molecule has 0 aliphatic carbocycles. The molecule has 0 bridgehead atoms. The van der Waals surface area contributed by atoms with Crippen LogP contribution in [0, 0.1) is 0 Å². The number of benzene rings is 1. The minimum atomic E-state index is 0.257. The Hall–Kier alpha value is -2.66. The number of nitrogens with zero attached hydrogens (tertiary/aromatic N) is 3. The first-order chi connectivity index (χ1) is 10.8. The zero-order chi connectivity index (χ0) is 14.9. The van der Waals surface area contributed by atoms with Gasteiger partial charge in [0.15, 0.2) is 5.65 Å². The number of rotatable bonds is 2. The summed E-state index contributed by atoms with van der Waals surface area (Å²) < 4.78 is 7.38. The van der Waals surface area contributed by atoms with Crippen molar-refractivity contribution in [3.63, 3.8) is 0 Å². The van der Waals surface area contributed by atoms with Gasteiger partial charge in [-0.05, 0) is 36.3 Å². The first kappa shape index (κ1) is 13.0. The van der Waals surface area contributed by atoms with Gasteiger partial charge in [0.1, 0.15) is 5.75 Å².